The van der Waals surface area contributed by atoms with Gasteiger partial charge < -0.3 is 4.74 Å². The van der Waals surface area contributed by atoms with Crippen LogP contribution in [0.5, 0.6) is 5.75 Å². The van der Waals surface area contributed by atoms with E-state index in [9.17, 15) is 14.9 Å². The number of carbonyl (C=O) groups is 1. The number of amides is 1. The molecule has 0 heterocycles. The molecule has 0 unspecified atom stereocenters. The fourth-order valence-corrected chi connectivity index (χ4v) is 2.31. The minimum Gasteiger partial charge on any atom is -0.483 e. The molecular weight excluding hydrogens is 358 g/mol. The molecule has 0 saturated carbocycles. The van der Waals surface area contributed by atoms with Crippen LogP contribution in [-0.2, 0) is 4.79 Å². The highest BCUT2D eigenvalue weighted by Gasteiger charge is 2.14. The summed E-state index contributed by atoms with van der Waals surface area (Å²) in [6.45, 7) is 5.26. The molecule has 26 heavy (non-hydrogen) atoms. The third-order valence-corrected chi connectivity index (χ3v) is 3.93. The summed E-state index contributed by atoms with van der Waals surface area (Å²) in [5, 5.41) is 14.9. The van der Waals surface area contributed by atoms with Gasteiger partial charge in [0.2, 0.25) is 0 Å². The van der Waals surface area contributed by atoms with Gasteiger partial charge in [-0.3, -0.25) is 14.9 Å². The summed E-state index contributed by atoms with van der Waals surface area (Å²) in [6.07, 6.45) is 0. The first kappa shape index (κ1) is 19.4. The van der Waals surface area contributed by atoms with E-state index in [1.165, 1.54) is 12.1 Å². The molecule has 8 heteroatoms. The van der Waals surface area contributed by atoms with Crippen molar-refractivity contribution >= 4 is 28.9 Å². The summed E-state index contributed by atoms with van der Waals surface area (Å²) in [5.41, 5.74) is 5.00. The van der Waals surface area contributed by atoms with Crippen LogP contribution in [0.15, 0.2) is 41.5 Å². The summed E-state index contributed by atoms with van der Waals surface area (Å²) in [5.74, 6) is 0.197. The largest absolute Gasteiger partial charge is 0.483 e. The smallest absolute Gasteiger partial charge is 0.288 e. The summed E-state index contributed by atoms with van der Waals surface area (Å²) in [6, 6.07) is 10.0. The number of halogens is 1. The maximum atomic E-state index is 11.9. The van der Waals surface area contributed by atoms with Crippen molar-refractivity contribution in [2.45, 2.75) is 20.8 Å². The number of nitro benzene ring substituents is 1. The molecule has 0 spiro atoms. The van der Waals surface area contributed by atoms with Crippen LogP contribution in [0.3, 0.4) is 0 Å². The van der Waals surface area contributed by atoms with Gasteiger partial charge in [-0.2, -0.15) is 5.10 Å². The second kappa shape index (κ2) is 8.44. The molecule has 0 fully saturated rings. The Bertz CT molecular complexity index is 881. The lowest BCUT2D eigenvalue weighted by atomic mass is 10.1. The molecule has 136 valence electrons. The van der Waals surface area contributed by atoms with Gasteiger partial charge >= 0.3 is 0 Å². The number of nitro groups is 1. The number of hydrazone groups is 1. The maximum absolute atomic E-state index is 11.9. The Hall–Kier alpha value is -2.93. The zero-order valence-electron chi connectivity index (χ0n) is 14.6. The number of nitrogens with zero attached hydrogens (tertiary/aromatic N) is 2. The van der Waals surface area contributed by atoms with E-state index in [4.69, 9.17) is 16.3 Å². The predicted molar refractivity (Wildman–Crippen MR) is 99.9 cm³/mol. The molecule has 1 amide bonds. The molecule has 0 aliphatic carbocycles. The molecule has 0 saturated heterocycles. The number of hydrogen-bond acceptors (Lipinski definition) is 5. The number of carbonyl (C=O) groups excluding carboxylic acids is 1. The van der Waals surface area contributed by atoms with Gasteiger partial charge in [0.1, 0.15) is 10.8 Å². The zero-order chi connectivity index (χ0) is 19.3. The number of hydrogen-bond donors (Lipinski definition) is 1. The second-order valence-corrected chi connectivity index (χ2v) is 6.12. The van der Waals surface area contributed by atoms with Gasteiger partial charge in [-0.1, -0.05) is 29.8 Å². The van der Waals surface area contributed by atoms with Gasteiger partial charge in [0, 0.05) is 11.6 Å². The summed E-state index contributed by atoms with van der Waals surface area (Å²) in [4.78, 5) is 22.3. The first-order chi connectivity index (χ1) is 12.3. The van der Waals surface area contributed by atoms with Crippen LogP contribution in [0.1, 0.15) is 23.6 Å². The monoisotopic (exact) mass is 375 g/mol. The Labute approximate surface area is 155 Å². The van der Waals surface area contributed by atoms with Gasteiger partial charge in [0.05, 0.1) is 10.6 Å². The fourth-order valence-electron chi connectivity index (χ4n) is 2.13. The molecular formula is C18H18ClN3O4. The van der Waals surface area contributed by atoms with E-state index in [1.807, 2.05) is 32.0 Å². The molecule has 0 atom stereocenters. The van der Waals surface area contributed by atoms with Crippen LogP contribution < -0.4 is 10.2 Å². The fraction of sp³-hybridized carbons (Fsp3) is 0.222. The first-order valence-electron chi connectivity index (χ1n) is 7.75. The molecule has 2 rings (SSSR count). The number of rotatable bonds is 6. The van der Waals surface area contributed by atoms with E-state index < -0.39 is 10.8 Å². The number of nitrogens with one attached hydrogen (secondary N) is 1. The average Bonchev–Trinajstić information content (AvgIpc) is 2.60. The Kier molecular flexibility index (Phi) is 6.30. The molecule has 2 aromatic carbocycles. The standard InChI is InChI=1S/C18H18ClN3O4/c1-11-4-5-12(2)17(8-11)26-10-18(23)21-20-13(3)14-6-7-15(19)16(9-14)22(24)25/h4-9H,10H2,1-3H3,(H,21,23)/b20-13-. The van der Waals surface area contributed by atoms with Crippen molar-refractivity contribution in [2.24, 2.45) is 5.10 Å². The van der Waals surface area contributed by atoms with Crippen LogP contribution in [0.4, 0.5) is 5.69 Å². The average molecular weight is 376 g/mol. The molecule has 0 bridgehead atoms. The summed E-state index contributed by atoms with van der Waals surface area (Å²) >= 11 is 5.78. The molecule has 0 aliphatic rings. The lowest BCUT2D eigenvalue weighted by Gasteiger charge is -2.09. The van der Waals surface area contributed by atoms with Crippen molar-refractivity contribution in [3.05, 3.63) is 68.2 Å². The third-order valence-electron chi connectivity index (χ3n) is 3.61. The van der Waals surface area contributed by atoms with Crippen LogP contribution >= 0.6 is 11.6 Å². The van der Waals surface area contributed by atoms with Crippen molar-refractivity contribution in [1.82, 2.24) is 5.43 Å². The minimum atomic E-state index is -0.574. The zero-order valence-corrected chi connectivity index (χ0v) is 15.3. The van der Waals surface area contributed by atoms with Gasteiger partial charge in [-0.15, -0.1) is 0 Å². The van der Waals surface area contributed by atoms with Gasteiger partial charge in [0.15, 0.2) is 6.61 Å². The van der Waals surface area contributed by atoms with Crippen molar-refractivity contribution in [2.75, 3.05) is 6.61 Å². The highest BCUT2D eigenvalue weighted by molar-refractivity contribution is 6.32. The Morgan fingerprint density at radius 2 is 2.00 bits per heavy atom. The van der Waals surface area contributed by atoms with E-state index in [-0.39, 0.29) is 17.3 Å². The van der Waals surface area contributed by atoms with Gasteiger partial charge in [-0.05, 0) is 44.0 Å². The normalized spacial score (nSPS) is 11.2. The van der Waals surface area contributed by atoms with Crippen molar-refractivity contribution in [1.29, 1.82) is 0 Å². The molecule has 7 nitrogen and oxygen atoms in total. The highest BCUT2D eigenvalue weighted by atomic mass is 35.5. The molecule has 1 N–H and O–H groups in total. The van der Waals surface area contributed by atoms with Crippen LogP contribution in [0, 0.1) is 24.0 Å². The third kappa shape index (κ3) is 5.03. The molecule has 0 aliphatic heterocycles. The Morgan fingerprint density at radius 3 is 2.69 bits per heavy atom. The predicted octanol–water partition coefficient (Wildman–Crippen LogP) is 3.78. The van der Waals surface area contributed by atoms with Crippen molar-refractivity contribution in [3.8, 4) is 5.75 Å². The Balaban J connectivity index is 2.00. The maximum Gasteiger partial charge on any atom is 0.288 e. The van der Waals surface area contributed by atoms with E-state index in [0.29, 0.717) is 17.0 Å². The molecule has 2 aromatic rings. The SMILES string of the molecule is C/C(=N/NC(=O)COc1cc(C)ccc1C)c1ccc(Cl)c([N+](=O)[O-])c1. The number of ether oxygens (including phenoxy) is 1. The number of benzene rings is 2. The number of aryl methyl sites for hydroxylation is 2. The topological polar surface area (TPSA) is 93.8 Å². The minimum absolute atomic E-state index is 0.0394. The second-order valence-electron chi connectivity index (χ2n) is 5.71. The van der Waals surface area contributed by atoms with E-state index in [1.54, 1.807) is 13.0 Å². The van der Waals surface area contributed by atoms with Crippen molar-refractivity contribution in [3.63, 3.8) is 0 Å². The van der Waals surface area contributed by atoms with Gasteiger partial charge in [0.25, 0.3) is 11.6 Å². The van der Waals surface area contributed by atoms with Gasteiger partial charge in [-0.25, -0.2) is 5.43 Å². The summed E-state index contributed by atoms with van der Waals surface area (Å²) < 4.78 is 5.50. The highest BCUT2D eigenvalue weighted by Crippen LogP contribution is 2.25. The lowest BCUT2D eigenvalue weighted by molar-refractivity contribution is -0.384. The Morgan fingerprint density at radius 1 is 1.27 bits per heavy atom. The van der Waals surface area contributed by atoms with Crippen molar-refractivity contribution < 1.29 is 14.5 Å². The summed E-state index contributed by atoms with van der Waals surface area (Å²) in [7, 11) is 0. The van der Waals surface area contributed by atoms with E-state index >= 15 is 0 Å². The molecule has 0 aromatic heterocycles. The van der Waals surface area contributed by atoms with E-state index in [0.717, 1.165) is 11.1 Å². The van der Waals surface area contributed by atoms with Crippen LogP contribution in [0.25, 0.3) is 0 Å². The first-order valence-corrected chi connectivity index (χ1v) is 8.13. The lowest BCUT2D eigenvalue weighted by Crippen LogP contribution is -2.25. The van der Waals surface area contributed by atoms with Crippen LogP contribution in [0.2, 0.25) is 5.02 Å². The van der Waals surface area contributed by atoms with E-state index in [2.05, 4.69) is 10.5 Å². The molecule has 0 radical (unpaired) electrons. The quantitative estimate of drug-likeness (QED) is 0.472. The van der Waals surface area contributed by atoms with Crippen LogP contribution in [-0.4, -0.2) is 23.1 Å².